The number of thiophene rings is 1. The molecule has 100 heavy (non-hydrogen) atoms. The fraction of sp³-hybridized carbons (Fsp3) is 0.479. The first kappa shape index (κ1) is 74.8. The van der Waals surface area contributed by atoms with Crippen LogP contribution in [-0.2, 0) is 77.0 Å². The van der Waals surface area contributed by atoms with Crippen molar-refractivity contribution in [2.24, 2.45) is 34.1 Å². The quantitative estimate of drug-likeness (QED) is 0.0116. The summed E-state index contributed by atoms with van der Waals surface area (Å²) >= 11 is 1.59. The zero-order chi connectivity index (χ0) is 72.4. The van der Waals surface area contributed by atoms with E-state index in [1.54, 1.807) is 91.9 Å². The first-order valence-corrected chi connectivity index (χ1v) is 34.4. The molecule has 0 spiro atoms. The number of nitrogens with one attached hydrogen (secondary N) is 5. The maximum absolute atomic E-state index is 15.6. The van der Waals surface area contributed by atoms with Gasteiger partial charge < -0.3 is 71.9 Å². The fourth-order valence-electron chi connectivity index (χ4n) is 14.2. The number of aliphatic hydroxyl groups is 2. The topological polar surface area (TPSA) is 404 Å². The number of allylic oxidation sites excluding steroid dienone is 1. The summed E-state index contributed by atoms with van der Waals surface area (Å²) in [6.45, 7) is 8.78. The van der Waals surface area contributed by atoms with Gasteiger partial charge in [-0.1, -0.05) is 92.7 Å². The second-order valence-corrected chi connectivity index (χ2v) is 28.1. The van der Waals surface area contributed by atoms with Crippen LogP contribution < -0.4 is 38.1 Å². The van der Waals surface area contributed by atoms with Gasteiger partial charge in [0.1, 0.15) is 42.0 Å². The van der Waals surface area contributed by atoms with E-state index in [1.165, 1.54) is 51.1 Å². The van der Waals surface area contributed by atoms with Crippen molar-refractivity contribution in [2.45, 2.75) is 184 Å². The number of hydrogen-bond donors (Lipinski definition) is 9. The highest BCUT2D eigenvalue weighted by Gasteiger charge is 2.73. The van der Waals surface area contributed by atoms with Crippen molar-refractivity contribution in [3.05, 3.63) is 153 Å². The van der Waals surface area contributed by atoms with E-state index in [4.69, 9.17) is 35.2 Å². The van der Waals surface area contributed by atoms with Crippen LogP contribution in [0.25, 0.3) is 0 Å². The van der Waals surface area contributed by atoms with Crippen LogP contribution in [0.3, 0.4) is 0 Å². The van der Waals surface area contributed by atoms with Gasteiger partial charge in [-0.3, -0.25) is 47.9 Å². The number of primary amides is 2. The van der Waals surface area contributed by atoms with Gasteiger partial charge in [-0.25, -0.2) is 9.59 Å². The van der Waals surface area contributed by atoms with E-state index in [2.05, 4.69) is 26.6 Å². The molecule has 1 aliphatic heterocycles. The van der Waals surface area contributed by atoms with E-state index in [1.807, 2.05) is 23.6 Å². The molecule has 4 aliphatic carbocycles. The number of hydrogen-bond acceptors (Lipinski definition) is 20. The molecule has 5 aliphatic rings. The minimum absolute atomic E-state index is 0.00518. The van der Waals surface area contributed by atoms with Crippen LogP contribution in [-0.4, -0.2) is 155 Å². The van der Waals surface area contributed by atoms with Gasteiger partial charge in [0.15, 0.2) is 11.9 Å². The number of unbranched alkanes of at least 4 members (excludes halogenated alkanes) is 1. The van der Waals surface area contributed by atoms with Gasteiger partial charge in [-0.2, -0.15) is 0 Å². The Balaban J connectivity index is 0.865. The van der Waals surface area contributed by atoms with Crippen molar-refractivity contribution >= 4 is 82.3 Å². The Kier molecular flexibility index (Phi) is 23.8. The summed E-state index contributed by atoms with van der Waals surface area (Å²) in [5.41, 5.74) is 5.76. The lowest BCUT2D eigenvalue weighted by molar-refractivity contribution is -0.277. The monoisotopic (exact) mass is 1400 g/mol. The molecule has 1 saturated heterocycles. The van der Waals surface area contributed by atoms with Gasteiger partial charge in [-0.05, 0) is 118 Å². The number of nitrogens with two attached hydrogens (primary N) is 2. The first-order valence-electron chi connectivity index (χ1n) is 33.5. The predicted octanol–water partition coefficient (Wildman–Crippen LogP) is 4.24. The van der Waals surface area contributed by atoms with Crippen LogP contribution >= 0.6 is 11.3 Å². The third-order valence-corrected chi connectivity index (χ3v) is 21.3. The number of carbonyl (C=O) groups excluding carboxylic acids is 12. The molecular formula is C73H87N7O19S. The molecular weight excluding hydrogens is 1310 g/mol. The second-order valence-electron chi connectivity index (χ2n) is 27.1. The van der Waals surface area contributed by atoms with E-state index in [-0.39, 0.29) is 84.9 Å². The standard InChI is InChI=1S/C73H87N7O19S/c1-40-50(38-73(94)63(99-68(92)45-23-14-9-15-24-45)58-46-39-95-49(46)37-51(82)71(58,6)62(87)60(96-42(3)81)57(40)70(73,4)5)97-69(93)61(59(43-19-10-7-11-20-43)80-67(91)44-21-12-8-13-22-44)98-56(86)30-29-53(83)76-35-17-16-25-47(64(74)88)78-54(84)28-27-48(65(75)89)79-66(90)41(2)77-55(85)31-32-72(33-34-72)52-26-18-36-100-52/h7-15,18-24,26,31-32,36,41,46-51,58-61,63,82,94H,16-17,25,27-30,33-35,37-39H2,1-6H3,(H2,74,88)(H2,75,89)(H,76,83)(H,77,85)(H,78,84)(H,79,90)(H,80,91)/b32-31+/t41?,46-,47?,48+,49-,50+,51+,58+,59-,60-,61-,63+,71-,73-/m1/s1. The number of aliphatic hydroxyl groups excluding tert-OH is 1. The van der Waals surface area contributed by atoms with Gasteiger partial charge in [0.05, 0.1) is 36.2 Å². The van der Waals surface area contributed by atoms with E-state index >= 15 is 9.59 Å². The van der Waals surface area contributed by atoms with Crippen molar-refractivity contribution in [3.8, 4) is 0 Å². The molecule has 1 aromatic heterocycles. The third-order valence-electron chi connectivity index (χ3n) is 20.2. The Morgan fingerprint density at radius 2 is 1.39 bits per heavy atom. The zero-order valence-electron chi connectivity index (χ0n) is 56.6. The van der Waals surface area contributed by atoms with Gasteiger partial charge >= 0.3 is 23.9 Å². The molecule has 2 unspecified atom stereocenters. The van der Waals surface area contributed by atoms with E-state index in [0.29, 0.717) is 0 Å². The van der Waals surface area contributed by atoms with E-state index in [9.17, 15) is 58.2 Å². The van der Waals surface area contributed by atoms with Gasteiger partial charge in [-0.15, -0.1) is 11.3 Å². The average molecular weight is 1400 g/mol. The first-order chi connectivity index (χ1) is 47.5. The Morgan fingerprint density at radius 3 is 1.99 bits per heavy atom. The minimum Gasteiger partial charge on any atom is -0.455 e. The minimum atomic E-state index is -2.34. The zero-order valence-corrected chi connectivity index (χ0v) is 57.4. The summed E-state index contributed by atoms with van der Waals surface area (Å²) < 4.78 is 30.8. The van der Waals surface area contributed by atoms with Gasteiger partial charge in [0, 0.05) is 72.3 Å². The molecule has 14 atom stereocenters. The van der Waals surface area contributed by atoms with Crippen molar-refractivity contribution in [1.82, 2.24) is 26.6 Å². The highest BCUT2D eigenvalue weighted by molar-refractivity contribution is 7.10. The second kappa shape index (κ2) is 31.8. The van der Waals surface area contributed by atoms with Crippen LogP contribution in [0.15, 0.2) is 132 Å². The van der Waals surface area contributed by atoms with Crippen LogP contribution in [0.1, 0.15) is 149 Å². The summed E-state index contributed by atoms with van der Waals surface area (Å²) in [6, 6.07) is 22.8. The molecule has 3 aromatic carbocycles. The van der Waals surface area contributed by atoms with Crippen molar-refractivity contribution in [1.29, 1.82) is 0 Å². The number of ketones is 1. The number of Topliss-reactive ketones (excluding diaryl/α,β-unsaturated/α-hetero) is 1. The van der Waals surface area contributed by atoms with E-state index in [0.717, 1.165) is 24.6 Å². The lowest BCUT2D eigenvalue weighted by Gasteiger charge is -2.64. The Morgan fingerprint density at radius 1 is 0.750 bits per heavy atom. The number of rotatable bonds is 30. The summed E-state index contributed by atoms with van der Waals surface area (Å²) in [5.74, 6) is -11.8. The van der Waals surface area contributed by atoms with Crippen molar-refractivity contribution in [3.63, 3.8) is 0 Å². The molecule has 534 valence electrons. The fourth-order valence-corrected chi connectivity index (χ4v) is 15.2. The molecule has 2 bridgehead atoms. The molecule has 0 radical (unpaired) electrons. The van der Waals surface area contributed by atoms with Gasteiger partial charge in [0.25, 0.3) is 5.91 Å². The molecule has 7 amide bonds. The summed E-state index contributed by atoms with van der Waals surface area (Å²) in [7, 11) is 0. The molecule has 3 saturated carbocycles. The maximum Gasteiger partial charge on any atom is 0.350 e. The third kappa shape index (κ3) is 16.7. The summed E-state index contributed by atoms with van der Waals surface area (Å²) in [5, 5.41) is 41.0. The predicted molar refractivity (Wildman–Crippen MR) is 360 cm³/mol. The summed E-state index contributed by atoms with van der Waals surface area (Å²) in [6.07, 6.45) is -5.93. The Labute approximate surface area is 582 Å². The normalized spacial score (nSPS) is 25.3. The number of esters is 4. The van der Waals surface area contributed by atoms with Crippen molar-refractivity contribution in [2.75, 3.05) is 13.2 Å². The SMILES string of the molecule is CC(=O)O[C@H]1C(=O)[C@@]2(C)[C@@H]([C@@H]3CO[C@@H]3C[C@@H]2O)[C@H](OC(=O)c2ccccc2)[C@]2(O)C[C@H](OC(=O)[C@H](OC(=O)CCC(=O)NCCCCC(NC(=O)CC[C@H](NC(=O)C(C)NC(=O)/C=C/C3(c4cccs4)CC3)C(N)=O)C(N)=O)[C@H](NC(=O)c3ccccc3)c3ccccc3)C(C)=C1C2(C)C. The van der Waals surface area contributed by atoms with Crippen LogP contribution in [0.5, 0.6) is 0 Å². The number of ether oxygens (including phenoxy) is 5. The highest BCUT2D eigenvalue weighted by Crippen LogP contribution is 2.63. The smallest absolute Gasteiger partial charge is 0.350 e. The summed E-state index contributed by atoms with van der Waals surface area (Å²) in [4.78, 5) is 165. The molecule has 2 heterocycles. The van der Waals surface area contributed by atoms with E-state index < -0.39 is 179 Å². The van der Waals surface area contributed by atoms with Gasteiger partial charge in [0.2, 0.25) is 41.5 Å². The number of benzene rings is 3. The Hall–Kier alpha value is -9.44. The molecule has 27 heteroatoms. The maximum atomic E-state index is 15.6. The Bertz CT molecular complexity index is 3790. The molecule has 9 rings (SSSR count). The van der Waals surface area contributed by atoms with Crippen LogP contribution in [0, 0.1) is 22.7 Å². The molecule has 4 aromatic rings. The highest BCUT2D eigenvalue weighted by atomic mass is 32.1. The molecule has 4 fully saturated rings. The largest absolute Gasteiger partial charge is 0.455 e. The lowest BCUT2D eigenvalue weighted by atomic mass is 9.46. The lowest BCUT2D eigenvalue weighted by Crippen LogP contribution is -2.75. The average Bonchev–Trinajstić information content (AvgIpc) is 1.66. The van der Waals surface area contributed by atoms with Crippen LogP contribution in [0.2, 0.25) is 0 Å². The number of amides is 7. The number of fused-ring (bicyclic) bond motifs is 5. The molecule has 26 nitrogen and oxygen atoms in total. The van der Waals surface area contributed by atoms with Crippen LogP contribution in [0.4, 0.5) is 0 Å². The van der Waals surface area contributed by atoms with Crippen molar-refractivity contribution < 1.29 is 91.4 Å². The molecule has 11 N–H and O–H groups in total. The number of carbonyl (C=O) groups is 12.